The minimum Gasteiger partial charge on any atom is -0.391 e. The second-order valence-electron chi connectivity index (χ2n) is 4.58. The molecule has 0 aliphatic carbocycles. The van der Waals surface area contributed by atoms with E-state index in [-0.39, 0.29) is 17.9 Å². The van der Waals surface area contributed by atoms with Crippen LogP contribution in [0.4, 0.5) is 13.2 Å². The smallest absolute Gasteiger partial charge is 0.391 e. The van der Waals surface area contributed by atoms with Crippen LogP contribution in [0, 0.1) is 0 Å². The monoisotopic (exact) mass is 327 g/mol. The van der Waals surface area contributed by atoms with E-state index in [1.54, 1.807) is 24.3 Å². The third-order valence-corrected chi connectivity index (χ3v) is 3.37. The van der Waals surface area contributed by atoms with Crippen molar-refractivity contribution >= 4 is 17.3 Å². The van der Waals surface area contributed by atoms with Gasteiger partial charge in [0.1, 0.15) is 6.61 Å². The number of hydrogen-bond donors (Lipinski definition) is 0. The van der Waals surface area contributed by atoms with Crippen LogP contribution >= 0.6 is 11.6 Å². The van der Waals surface area contributed by atoms with Gasteiger partial charge < -0.3 is 4.84 Å². The van der Waals surface area contributed by atoms with E-state index in [9.17, 15) is 13.2 Å². The highest BCUT2D eigenvalue weighted by atomic mass is 35.5. The van der Waals surface area contributed by atoms with Crippen LogP contribution in [-0.4, -0.2) is 5.71 Å². The quantitative estimate of drug-likeness (QED) is 0.551. The Hall–Kier alpha value is -2.01. The maximum atomic E-state index is 12.9. The number of halogens is 4. The molecule has 2 aromatic rings. The lowest BCUT2D eigenvalue weighted by atomic mass is 10.0. The first-order chi connectivity index (χ1) is 10.4. The molecule has 2 rings (SSSR count). The van der Waals surface area contributed by atoms with E-state index in [2.05, 4.69) is 5.16 Å². The first kappa shape index (κ1) is 16.4. The molecule has 0 radical (unpaired) electrons. The molecule has 116 valence electrons. The number of oxime groups is 1. The zero-order valence-electron chi connectivity index (χ0n) is 11.7. The lowest BCUT2D eigenvalue weighted by Gasteiger charge is -2.12. The normalized spacial score (nSPS) is 12.3. The van der Waals surface area contributed by atoms with Gasteiger partial charge in [-0.1, -0.05) is 53.2 Å². The van der Waals surface area contributed by atoms with Gasteiger partial charge in [0.15, 0.2) is 0 Å². The fourth-order valence-electron chi connectivity index (χ4n) is 1.91. The van der Waals surface area contributed by atoms with Crippen molar-refractivity contribution in [2.24, 2.45) is 5.16 Å². The summed E-state index contributed by atoms with van der Waals surface area (Å²) >= 11 is 5.96. The molecule has 22 heavy (non-hydrogen) atoms. The van der Waals surface area contributed by atoms with E-state index in [1.165, 1.54) is 25.1 Å². The Morgan fingerprint density at radius 3 is 2.41 bits per heavy atom. The molecule has 0 spiro atoms. The summed E-state index contributed by atoms with van der Waals surface area (Å²) in [5, 5.41) is 4.28. The third-order valence-electron chi connectivity index (χ3n) is 3.00. The summed E-state index contributed by atoms with van der Waals surface area (Å²) < 4.78 is 38.8. The zero-order chi connectivity index (χ0) is 16.2. The summed E-state index contributed by atoms with van der Waals surface area (Å²) in [6.45, 7) is 1.56. The van der Waals surface area contributed by atoms with Crippen LogP contribution < -0.4 is 0 Å². The van der Waals surface area contributed by atoms with Crippen molar-refractivity contribution in [3.05, 3.63) is 70.2 Å². The number of alkyl halides is 3. The van der Waals surface area contributed by atoms with Gasteiger partial charge in [-0.3, -0.25) is 0 Å². The molecule has 0 fully saturated rings. The van der Waals surface area contributed by atoms with Gasteiger partial charge in [0.05, 0.1) is 11.3 Å². The van der Waals surface area contributed by atoms with E-state index in [0.717, 1.165) is 6.07 Å². The van der Waals surface area contributed by atoms with Crippen LogP contribution in [0.1, 0.15) is 23.6 Å². The Morgan fingerprint density at radius 2 is 1.73 bits per heavy atom. The Morgan fingerprint density at radius 1 is 1.09 bits per heavy atom. The maximum absolute atomic E-state index is 12.9. The van der Waals surface area contributed by atoms with Crippen molar-refractivity contribution in [2.45, 2.75) is 19.7 Å². The second-order valence-corrected chi connectivity index (χ2v) is 4.99. The molecule has 6 heteroatoms. The lowest BCUT2D eigenvalue weighted by Crippen LogP contribution is -2.12. The van der Waals surface area contributed by atoms with E-state index in [0.29, 0.717) is 10.6 Å². The summed E-state index contributed by atoms with van der Waals surface area (Å²) in [5.41, 5.74) is 0.122. The molecule has 0 aromatic heterocycles. The summed E-state index contributed by atoms with van der Waals surface area (Å²) in [5.74, 6) is 0. The molecule has 0 saturated carbocycles. The van der Waals surface area contributed by atoms with Crippen molar-refractivity contribution in [1.29, 1.82) is 0 Å². The largest absolute Gasteiger partial charge is 0.417 e. The van der Waals surface area contributed by atoms with Crippen molar-refractivity contribution < 1.29 is 18.0 Å². The third kappa shape index (κ3) is 4.01. The number of rotatable bonds is 4. The highest BCUT2D eigenvalue weighted by molar-refractivity contribution is 6.31. The molecule has 2 nitrogen and oxygen atoms in total. The molecule has 0 unspecified atom stereocenters. The van der Waals surface area contributed by atoms with Gasteiger partial charge in [0.25, 0.3) is 0 Å². The molecule has 0 amide bonds. The van der Waals surface area contributed by atoms with Gasteiger partial charge >= 0.3 is 6.18 Å². The molecular formula is C16H13ClF3NO. The van der Waals surface area contributed by atoms with E-state index >= 15 is 0 Å². The topological polar surface area (TPSA) is 21.6 Å². The van der Waals surface area contributed by atoms with Crippen LogP contribution in [0.5, 0.6) is 0 Å². The van der Waals surface area contributed by atoms with Crippen LogP contribution in [0.2, 0.25) is 5.02 Å². The van der Waals surface area contributed by atoms with E-state index in [1.807, 2.05) is 0 Å². The zero-order valence-corrected chi connectivity index (χ0v) is 12.4. The van der Waals surface area contributed by atoms with Crippen LogP contribution in [0.25, 0.3) is 0 Å². The van der Waals surface area contributed by atoms with Crippen LogP contribution in [-0.2, 0) is 17.6 Å². The van der Waals surface area contributed by atoms with Gasteiger partial charge in [-0.25, -0.2) is 0 Å². The van der Waals surface area contributed by atoms with E-state index in [4.69, 9.17) is 16.4 Å². The molecule has 0 saturated heterocycles. The first-order valence-corrected chi connectivity index (χ1v) is 6.84. The van der Waals surface area contributed by atoms with Crippen molar-refractivity contribution in [3.63, 3.8) is 0 Å². The van der Waals surface area contributed by atoms with Crippen molar-refractivity contribution in [3.8, 4) is 0 Å². The highest BCUT2D eigenvalue weighted by Crippen LogP contribution is 2.32. The Labute approximate surface area is 131 Å². The van der Waals surface area contributed by atoms with Crippen molar-refractivity contribution in [1.82, 2.24) is 0 Å². The Kier molecular flexibility index (Phi) is 5.08. The van der Waals surface area contributed by atoms with Gasteiger partial charge in [-0.2, -0.15) is 13.2 Å². The lowest BCUT2D eigenvalue weighted by molar-refractivity contribution is -0.137. The molecule has 0 aliphatic heterocycles. The van der Waals surface area contributed by atoms with Crippen LogP contribution in [0.3, 0.4) is 0 Å². The fraction of sp³-hybridized carbons (Fsp3) is 0.188. The van der Waals surface area contributed by atoms with Gasteiger partial charge in [0.2, 0.25) is 0 Å². The highest BCUT2D eigenvalue weighted by Gasteiger charge is 2.33. The molecule has 0 atom stereocenters. The second kappa shape index (κ2) is 6.83. The first-order valence-electron chi connectivity index (χ1n) is 6.46. The molecule has 0 aliphatic rings. The van der Waals surface area contributed by atoms with Gasteiger partial charge in [-0.15, -0.1) is 0 Å². The Balaban J connectivity index is 2.15. The minimum atomic E-state index is -4.43. The standard InChI is InChI=1S/C16H13ClF3NO/c1-11(13-7-3-4-8-14(13)16(18,19)20)21-22-10-12-6-2-5-9-15(12)17/h2-9H,10H2,1H3. The van der Waals surface area contributed by atoms with Gasteiger partial charge in [-0.05, 0) is 19.1 Å². The predicted octanol–water partition coefficient (Wildman–Crippen LogP) is 5.30. The number of benzene rings is 2. The summed E-state index contributed by atoms with van der Waals surface area (Å²) in [6, 6.07) is 12.3. The summed E-state index contributed by atoms with van der Waals surface area (Å²) in [6.07, 6.45) is -4.43. The fourth-order valence-corrected chi connectivity index (χ4v) is 2.10. The average Bonchev–Trinajstić information content (AvgIpc) is 2.48. The van der Waals surface area contributed by atoms with Gasteiger partial charge in [0, 0.05) is 16.1 Å². The minimum absolute atomic E-state index is 0.00541. The molecule has 0 heterocycles. The maximum Gasteiger partial charge on any atom is 0.417 e. The SMILES string of the molecule is CC(=NOCc1ccccc1Cl)c1ccccc1C(F)(F)F. The Bertz CT molecular complexity index is 683. The number of hydrogen-bond acceptors (Lipinski definition) is 2. The predicted molar refractivity (Wildman–Crippen MR) is 79.9 cm³/mol. The molecule has 0 bridgehead atoms. The van der Waals surface area contributed by atoms with Crippen molar-refractivity contribution in [2.75, 3.05) is 0 Å². The molecule has 0 N–H and O–H groups in total. The molecule has 2 aromatic carbocycles. The number of nitrogens with zero attached hydrogens (tertiary/aromatic N) is 1. The van der Waals surface area contributed by atoms with E-state index < -0.39 is 11.7 Å². The summed E-state index contributed by atoms with van der Waals surface area (Å²) in [7, 11) is 0. The van der Waals surface area contributed by atoms with Crippen LogP contribution in [0.15, 0.2) is 53.7 Å². The summed E-state index contributed by atoms with van der Waals surface area (Å²) in [4.78, 5) is 5.12. The average molecular weight is 328 g/mol. The molecular weight excluding hydrogens is 315 g/mol.